The molecule has 2 aromatic carbocycles. The summed E-state index contributed by atoms with van der Waals surface area (Å²) in [5, 5.41) is 7.44. The molecule has 1 amide bonds. The molecule has 5 heteroatoms. The zero-order valence-corrected chi connectivity index (χ0v) is 15.1. The van der Waals surface area contributed by atoms with Gasteiger partial charge in [-0.25, -0.2) is 4.68 Å². The number of ether oxygens (including phenoxy) is 1. The van der Waals surface area contributed by atoms with E-state index in [1.54, 1.807) is 18.0 Å². The fourth-order valence-electron chi connectivity index (χ4n) is 2.86. The SMILES string of the molecule is CCC(NC(=O)Cc1cnn(-c2ccccc2)c1)c1ccc(OC)cc1. The summed E-state index contributed by atoms with van der Waals surface area (Å²) in [5.41, 5.74) is 2.93. The molecular formula is C21H23N3O2. The highest BCUT2D eigenvalue weighted by Crippen LogP contribution is 2.20. The zero-order valence-electron chi connectivity index (χ0n) is 15.1. The van der Waals surface area contributed by atoms with Crippen molar-refractivity contribution in [3.63, 3.8) is 0 Å². The highest BCUT2D eigenvalue weighted by atomic mass is 16.5. The minimum atomic E-state index is -0.0161. The molecule has 0 bridgehead atoms. The third-order valence-electron chi connectivity index (χ3n) is 4.28. The zero-order chi connectivity index (χ0) is 18.4. The van der Waals surface area contributed by atoms with Crippen molar-refractivity contribution < 1.29 is 9.53 Å². The molecule has 0 fully saturated rings. The molecule has 26 heavy (non-hydrogen) atoms. The van der Waals surface area contributed by atoms with Gasteiger partial charge in [-0.05, 0) is 41.8 Å². The summed E-state index contributed by atoms with van der Waals surface area (Å²) in [6.07, 6.45) is 4.75. The number of amides is 1. The van der Waals surface area contributed by atoms with E-state index < -0.39 is 0 Å². The standard InChI is InChI=1S/C21H23N3O2/c1-3-20(17-9-11-19(26-2)12-10-17)23-21(25)13-16-14-22-24(15-16)18-7-5-4-6-8-18/h4-12,14-15,20H,3,13H2,1-2H3,(H,23,25). The predicted molar refractivity (Wildman–Crippen MR) is 101 cm³/mol. The van der Waals surface area contributed by atoms with Crippen LogP contribution in [0.2, 0.25) is 0 Å². The molecule has 1 heterocycles. The molecule has 0 saturated heterocycles. The number of aromatic nitrogens is 2. The van der Waals surface area contributed by atoms with E-state index in [1.165, 1.54) is 0 Å². The highest BCUT2D eigenvalue weighted by molar-refractivity contribution is 5.78. The number of hydrogen-bond donors (Lipinski definition) is 1. The Morgan fingerprint density at radius 3 is 2.54 bits per heavy atom. The van der Waals surface area contributed by atoms with Crippen molar-refractivity contribution in [1.29, 1.82) is 0 Å². The van der Waals surface area contributed by atoms with Crippen molar-refractivity contribution in [3.05, 3.63) is 78.1 Å². The van der Waals surface area contributed by atoms with Crippen LogP contribution in [0.3, 0.4) is 0 Å². The van der Waals surface area contributed by atoms with Gasteiger partial charge in [0.2, 0.25) is 5.91 Å². The van der Waals surface area contributed by atoms with Crippen molar-refractivity contribution in [3.8, 4) is 11.4 Å². The van der Waals surface area contributed by atoms with E-state index in [4.69, 9.17) is 4.74 Å². The second kappa shape index (κ2) is 8.34. The van der Waals surface area contributed by atoms with Gasteiger partial charge in [-0.3, -0.25) is 4.79 Å². The number of carbonyl (C=O) groups excluding carboxylic acids is 1. The van der Waals surface area contributed by atoms with Gasteiger partial charge < -0.3 is 10.1 Å². The first-order valence-corrected chi connectivity index (χ1v) is 8.72. The van der Waals surface area contributed by atoms with E-state index in [9.17, 15) is 4.79 Å². The van der Waals surface area contributed by atoms with Crippen LogP contribution in [0.4, 0.5) is 0 Å². The molecule has 0 aliphatic rings. The molecule has 1 aromatic heterocycles. The monoisotopic (exact) mass is 349 g/mol. The average molecular weight is 349 g/mol. The Bertz CT molecular complexity index is 841. The van der Waals surface area contributed by atoms with E-state index >= 15 is 0 Å². The molecule has 1 unspecified atom stereocenters. The molecule has 5 nitrogen and oxygen atoms in total. The van der Waals surface area contributed by atoms with E-state index in [1.807, 2.05) is 60.8 Å². The van der Waals surface area contributed by atoms with Crippen LogP contribution in [0.1, 0.15) is 30.5 Å². The molecule has 0 saturated carbocycles. The van der Waals surface area contributed by atoms with Gasteiger partial charge in [-0.15, -0.1) is 0 Å². The van der Waals surface area contributed by atoms with Crippen LogP contribution in [-0.2, 0) is 11.2 Å². The summed E-state index contributed by atoms with van der Waals surface area (Å²) in [5.74, 6) is 0.795. The van der Waals surface area contributed by atoms with Gasteiger partial charge in [0.25, 0.3) is 0 Å². The fourth-order valence-corrected chi connectivity index (χ4v) is 2.86. The lowest BCUT2D eigenvalue weighted by Crippen LogP contribution is -2.29. The molecule has 0 aliphatic heterocycles. The maximum absolute atomic E-state index is 12.5. The summed E-state index contributed by atoms with van der Waals surface area (Å²) >= 11 is 0. The lowest BCUT2D eigenvalue weighted by atomic mass is 10.0. The number of carbonyl (C=O) groups is 1. The minimum Gasteiger partial charge on any atom is -0.497 e. The molecule has 3 rings (SSSR count). The predicted octanol–water partition coefficient (Wildman–Crippen LogP) is 3.69. The van der Waals surface area contributed by atoms with Crippen LogP contribution in [0, 0.1) is 0 Å². The quantitative estimate of drug-likeness (QED) is 0.708. The Morgan fingerprint density at radius 1 is 1.15 bits per heavy atom. The first-order valence-electron chi connectivity index (χ1n) is 8.72. The number of nitrogens with zero attached hydrogens (tertiary/aromatic N) is 2. The normalized spacial score (nSPS) is 11.8. The van der Waals surface area contributed by atoms with Gasteiger partial charge in [0, 0.05) is 6.20 Å². The third kappa shape index (κ3) is 4.30. The Kier molecular flexibility index (Phi) is 5.69. The van der Waals surface area contributed by atoms with Crippen LogP contribution in [0.25, 0.3) is 5.69 Å². The minimum absolute atomic E-state index is 0.0136. The van der Waals surface area contributed by atoms with Gasteiger partial charge in [-0.1, -0.05) is 37.3 Å². The average Bonchev–Trinajstić information content (AvgIpc) is 3.15. The van der Waals surface area contributed by atoms with E-state index in [-0.39, 0.29) is 11.9 Å². The number of nitrogens with one attached hydrogen (secondary N) is 1. The second-order valence-corrected chi connectivity index (χ2v) is 6.11. The number of hydrogen-bond acceptors (Lipinski definition) is 3. The number of methoxy groups -OCH3 is 1. The van der Waals surface area contributed by atoms with E-state index in [2.05, 4.69) is 17.3 Å². The summed E-state index contributed by atoms with van der Waals surface area (Å²) in [6, 6.07) is 17.6. The van der Waals surface area contributed by atoms with Gasteiger partial charge >= 0.3 is 0 Å². The molecule has 0 aliphatic carbocycles. The molecule has 3 aromatic rings. The molecular weight excluding hydrogens is 326 g/mol. The van der Waals surface area contributed by atoms with E-state index in [0.29, 0.717) is 6.42 Å². The third-order valence-corrected chi connectivity index (χ3v) is 4.28. The highest BCUT2D eigenvalue weighted by Gasteiger charge is 2.14. The lowest BCUT2D eigenvalue weighted by Gasteiger charge is -2.17. The molecule has 1 N–H and O–H groups in total. The second-order valence-electron chi connectivity index (χ2n) is 6.11. The molecule has 134 valence electrons. The smallest absolute Gasteiger partial charge is 0.225 e. The first-order chi connectivity index (χ1) is 12.7. The largest absolute Gasteiger partial charge is 0.497 e. The Balaban J connectivity index is 1.63. The van der Waals surface area contributed by atoms with Crippen LogP contribution in [0.15, 0.2) is 67.0 Å². The summed E-state index contributed by atoms with van der Waals surface area (Å²) in [7, 11) is 1.64. The van der Waals surface area contributed by atoms with Gasteiger partial charge in [-0.2, -0.15) is 5.10 Å². The topological polar surface area (TPSA) is 56.2 Å². The van der Waals surface area contributed by atoms with Crippen molar-refractivity contribution in [1.82, 2.24) is 15.1 Å². The first kappa shape index (κ1) is 17.7. The summed E-state index contributed by atoms with van der Waals surface area (Å²) < 4.78 is 6.97. The maximum atomic E-state index is 12.5. The van der Waals surface area contributed by atoms with Crippen LogP contribution >= 0.6 is 0 Å². The fraction of sp³-hybridized carbons (Fsp3) is 0.238. The van der Waals surface area contributed by atoms with Crippen LogP contribution < -0.4 is 10.1 Å². The Morgan fingerprint density at radius 2 is 1.88 bits per heavy atom. The van der Waals surface area contributed by atoms with Gasteiger partial charge in [0.05, 0.1) is 31.5 Å². The number of rotatable bonds is 7. The van der Waals surface area contributed by atoms with Gasteiger partial charge in [0.15, 0.2) is 0 Å². The van der Waals surface area contributed by atoms with Crippen LogP contribution in [-0.4, -0.2) is 22.8 Å². The molecule has 1 atom stereocenters. The van der Waals surface area contributed by atoms with Crippen molar-refractivity contribution >= 4 is 5.91 Å². The lowest BCUT2D eigenvalue weighted by molar-refractivity contribution is -0.121. The Hall–Kier alpha value is -3.08. The Labute approximate surface area is 153 Å². The summed E-state index contributed by atoms with van der Waals surface area (Å²) in [4.78, 5) is 12.5. The van der Waals surface area contributed by atoms with E-state index in [0.717, 1.165) is 29.0 Å². The maximum Gasteiger partial charge on any atom is 0.225 e. The molecule has 0 spiro atoms. The van der Waals surface area contributed by atoms with Crippen molar-refractivity contribution in [2.45, 2.75) is 25.8 Å². The molecule has 0 radical (unpaired) electrons. The van der Waals surface area contributed by atoms with Crippen molar-refractivity contribution in [2.24, 2.45) is 0 Å². The summed E-state index contributed by atoms with van der Waals surface area (Å²) in [6.45, 7) is 2.06. The van der Waals surface area contributed by atoms with Gasteiger partial charge in [0.1, 0.15) is 5.75 Å². The van der Waals surface area contributed by atoms with Crippen molar-refractivity contribution in [2.75, 3.05) is 7.11 Å². The number of benzene rings is 2. The number of para-hydroxylation sites is 1. The van der Waals surface area contributed by atoms with Crippen LogP contribution in [0.5, 0.6) is 5.75 Å².